The first kappa shape index (κ1) is 15.7. The van der Waals surface area contributed by atoms with Crippen molar-refractivity contribution in [2.75, 3.05) is 0 Å². The van der Waals surface area contributed by atoms with Crippen molar-refractivity contribution in [3.63, 3.8) is 0 Å². The smallest absolute Gasteiger partial charge is 0.277 e. The van der Waals surface area contributed by atoms with Gasteiger partial charge in [-0.2, -0.15) is 0 Å². The van der Waals surface area contributed by atoms with Gasteiger partial charge in [-0.15, -0.1) is 0 Å². The molecule has 0 bridgehead atoms. The zero-order chi connectivity index (χ0) is 15.4. The Morgan fingerprint density at radius 2 is 2.05 bits per heavy atom. The summed E-state index contributed by atoms with van der Waals surface area (Å²) >= 11 is 8.98. The molecule has 0 saturated carbocycles. The van der Waals surface area contributed by atoms with Crippen LogP contribution in [0.4, 0.5) is 10.1 Å². The molecular formula is C14H10BrClFNO3. The molecule has 0 fully saturated rings. The summed E-state index contributed by atoms with van der Waals surface area (Å²) in [6.45, 7) is -0.117. The average Bonchev–Trinajstić information content (AvgIpc) is 2.46. The lowest BCUT2D eigenvalue weighted by atomic mass is 10.2. The molecule has 0 spiro atoms. The van der Waals surface area contributed by atoms with E-state index in [1.165, 1.54) is 24.3 Å². The molecule has 0 aliphatic carbocycles. The van der Waals surface area contributed by atoms with Crippen molar-refractivity contribution in [1.29, 1.82) is 0 Å². The van der Waals surface area contributed by atoms with Crippen LogP contribution in [0.15, 0.2) is 36.4 Å². The van der Waals surface area contributed by atoms with E-state index < -0.39 is 10.7 Å². The molecule has 0 aromatic heterocycles. The predicted molar refractivity (Wildman–Crippen MR) is 81.5 cm³/mol. The van der Waals surface area contributed by atoms with E-state index in [9.17, 15) is 14.5 Å². The first-order valence-electron chi connectivity index (χ1n) is 5.92. The van der Waals surface area contributed by atoms with E-state index in [0.29, 0.717) is 16.5 Å². The Kier molecular flexibility index (Phi) is 5.14. The van der Waals surface area contributed by atoms with Gasteiger partial charge in [0.1, 0.15) is 6.61 Å². The number of para-hydroxylation sites is 1. The maximum Gasteiger partial charge on any atom is 0.277 e. The second-order valence-corrected chi connectivity index (χ2v) is 5.18. The monoisotopic (exact) mass is 373 g/mol. The van der Waals surface area contributed by atoms with Gasteiger partial charge in [-0.25, -0.2) is 4.39 Å². The molecule has 0 atom stereocenters. The van der Waals surface area contributed by atoms with E-state index in [-0.39, 0.29) is 23.1 Å². The Morgan fingerprint density at radius 1 is 1.29 bits per heavy atom. The minimum absolute atomic E-state index is 0.0821. The van der Waals surface area contributed by atoms with Crippen molar-refractivity contribution in [2.45, 2.75) is 11.9 Å². The summed E-state index contributed by atoms with van der Waals surface area (Å²) in [5.41, 5.74) is 0.805. The number of hydrogen-bond donors (Lipinski definition) is 0. The van der Waals surface area contributed by atoms with Crippen LogP contribution in [0.5, 0.6) is 5.75 Å². The maximum atomic E-state index is 13.8. The highest BCUT2D eigenvalue weighted by Crippen LogP contribution is 2.28. The third-order valence-corrected chi connectivity index (χ3v) is 3.65. The zero-order valence-electron chi connectivity index (χ0n) is 10.7. The lowest BCUT2D eigenvalue weighted by Crippen LogP contribution is -2.03. The van der Waals surface area contributed by atoms with E-state index in [0.717, 1.165) is 0 Å². The molecule has 0 aliphatic rings. The van der Waals surface area contributed by atoms with Gasteiger partial charge >= 0.3 is 0 Å². The minimum atomic E-state index is -0.544. The first-order chi connectivity index (χ1) is 10.0. The number of halogens is 3. The van der Waals surface area contributed by atoms with Crippen molar-refractivity contribution >= 4 is 33.2 Å². The molecule has 2 rings (SSSR count). The standard InChI is InChI=1S/C14H10BrClFNO3/c15-7-9-2-1-3-12(17)14(9)21-8-10-4-5-11(16)6-13(10)18(19)20/h1-6H,7-8H2. The Bertz CT molecular complexity index is 681. The van der Waals surface area contributed by atoms with E-state index in [1.807, 2.05) is 0 Å². The lowest BCUT2D eigenvalue weighted by Gasteiger charge is -2.11. The minimum Gasteiger partial charge on any atom is -0.485 e. The highest BCUT2D eigenvalue weighted by Gasteiger charge is 2.16. The lowest BCUT2D eigenvalue weighted by molar-refractivity contribution is -0.385. The molecule has 110 valence electrons. The molecule has 0 aliphatic heterocycles. The maximum absolute atomic E-state index is 13.8. The normalized spacial score (nSPS) is 10.4. The number of rotatable bonds is 5. The first-order valence-corrected chi connectivity index (χ1v) is 7.42. The summed E-state index contributed by atoms with van der Waals surface area (Å²) in [5.74, 6) is -0.429. The number of alkyl halides is 1. The number of nitro benzene ring substituents is 1. The molecule has 0 amide bonds. The summed E-state index contributed by atoms with van der Waals surface area (Å²) in [6.07, 6.45) is 0. The number of benzene rings is 2. The number of ether oxygens (including phenoxy) is 1. The quantitative estimate of drug-likeness (QED) is 0.426. The van der Waals surface area contributed by atoms with E-state index in [4.69, 9.17) is 16.3 Å². The molecule has 2 aromatic carbocycles. The van der Waals surface area contributed by atoms with Crippen LogP contribution in [0.25, 0.3) is 0 Å². The van der Waals surface area contributed by atoms with Crippen LogP contribution < -0.4 is 4.74 Å². The van der Waals surface area contributed by atoms with Gasteiger partial charge < -0.3 is 4.74 Å². The van der Waals surface area contributed by atoms with Crippen LogP contribution >= 0.6 is 27.5 Å². The van der Waals surface area contributed by atoms with Crippen LogP contribution in [0, 0.1) is 15.9 Å². The Hall–Kier alpha value is -1.66. The molecular weight excluding hydrogens is 365 g/mol. The predicted octanol–water partition coefficient (Wildman–Crippen LogP) is 4.86. The largest absolute Gasteiger partial charge is 0.485 e. The van der Waals surface area contributed by atoms with E-state index in [1.54, 1.807) is 12.1 Å². The molecule has 4 nitrogen and oxygen atoms in total. The molecule has 0 heterocycles. The van der Waals surface area contributed by atoms with Crippen LogP contribution in [0.1, 0.15) is 11.1 Å². The molecule has 21 heavy (non-hydrogen) atoms. The second-order valence-electron chi connectivity index (χ2n) is 4.18. The highest BCUT2D eigenvalue weighted by atomic mass is 79.9. The number of hydrogen-bond acceptors (Lipinski definition) is 3. The SMILES string of the molecule is O=[N+]([O-])c1cc(Cl)ccc1COc1c(F)cccc1CBr. The third-order valence-electron chi connectivity index (χ3n) is 2.81. The van der Waals surface area contributed by atoms with Gasteiger partial charge in [0, 0.05) is 22.0 Å². The third kappa shape index (κ3) is 3.71. The molecule has 0 radical (unpaired) electrons. The fourth-order valence-electron chi connectivity index (χ4n) is 1.80. The molecule has 2 aromatic rings. The van der Waals surface area contributed by atoms with Crippen LogP contribution in [0.3, 0.4) is 0 Å². The van der Waals surface area contributed by atoms with Crippen LogP contribution in [-0.4, -0.2) is 4.92 Å². The van der Waals surface area contributed by atoms with Gasteiger partial charge in [-0.3, -0.25) is 10.1 Å². The molecule has 7 heteroatoms. The Labute approximate surface area is 133 Å². The van der Waals surface area contributed by atoms with Gasteiger partial charge in [0.05, 0.1) is 10.5 Å². The fourth-order valence-corrected chi connectivity index (χ4v) is 2.41. The molecule has 0 N–H and O–H groups in total. The second kappa shape index (κ2) is 6.87. The fraction of sp³-hybridized carbons (Fsp3) is 0.143. The van der Waals surface area contributed by atoms with Crippen LogP contribution in [0.2, 0.25) is 5.02 Å². The van der Waals surface area contributed by atoms with Gasteiger partial charge in [0.25, 0.3) is 5.69 Å². The van der Waals surface area contributed by atoms with Crippen molar-refractivity contribution in [2.24, 2.45) is 0 Å². The van der Waals surface area contributed by atoms with Gasteiger partial charge in [-0.1, -0.05) is 39.7 Å². The van der Waals surface area contributed by atoms with Gasteiger partial charge in [-0.05, 0) is 18.2 Å². The average molecular weight is 375 g/mol. The molecule has 0 unspecified atom stereocenters. The summed E-state index contributed by atoms with van der Waals surface area (Å²) in [4.78, 5) is 10.4. The summed E-state index contributed by atoms with van der Waals surface area (Å²) in [7, 11) is 0. The number of nitro groups is 1. The van der Waals surface area contributed by atoms with Crippen molar-refractivity contribution in [3.05, 3.63) is 68.5 Å². The van der Waals surface area contributed by atoms with E-state index in [2.05, 4.69) is 15.9 Å². The van der Waals surface area contributed by atoms with Gasteiger partial charge in [0.2, 0.25) is 0 Å². The van der Waals surface area contributed by atoms with Crippen molar-refractivity contribution < 1.29 is 14.1 Å². The van der Waals surface area contributed by atoms with Crippen molar-refractivity contribution in [1.82, 2.24) is 0 Å². The highest BCUT2D eigenvalue weighted by molar-refractivity contribution is 9.08. The Morgan fingerprint density at radius 3 is 2.71 bits per heavy atom. The zero-order valence-corrected chi connectivity index (χ0v) is 13.0. The summed E-state index contributed by atoms with van der Waals surface area (Å²) in [5, 5.41) is 11.7. The van der Waals surface area contributed by atoms with Crippen LogP contribution in [-0.2, 0) is 11.9 Å². The number of nitrogens with zero attached hydrogens (tertiary/aromatic N) is 1. The van der Waals surface area contributed by atoms with E-state index >= 15 is 0 Å². The summed E-state index contributed by atoms with van der Waals surface area (Å²) in [6, 6.07) is 8.83. The van der Waals surface area contributed by atoms with Crippen molar-refractivity contribution in [3.8, 4) is 5.75 Å². The summed E-state index contributed by atoms with van der Waals surface area (Å²) < 4.78 is 19.2. The molecule has 0 saturated heterocycles. The Balaban J connectivity index is 2.27. The van der Waals surface area contributed by atoms with Gasteiger partial charge in [0.15, 0.2) is 11.6 Å². The topological polar surface area (TPSA) is 52.4 Å².